The van der Waals surface area contributed by atoms with Crippen molar-refractivity contribution < 1.29 is 9.52 Å². The number of piperidine rings is 1. The second-order valence-electron chi connectivity index (χ2n) is 7.97. The molecule has 2 aliphatic rings. The number of hydrogen-bond acceptors (Lipinski definition) is 4. The lowest BCUT2D eigenvalue weighted by Crippen LogP contribution is -2.46. The minimum atomic E-state index is -0.0675. The van der Waals surface area contributed by atoms with E-state index in [1.807, 2.05) is 41.0 Å². The summed E-state index contributed by atoms with van der Waals surface area (Å²) < 4.78 is 7.70. The summed E-state index contributed by atoms with van der Waals surface area (Å²) in [4.78, 5) is 15.0. The van der Waals surface area contributed by atoms with Crippen LogP contribution >= 0.6 is 0 Å². The third-order valence-electron chi connectivity index (χ3n) is 6.00. The molecule has 5 rings (SSSR count). The molecule has 2 aromatic heterocycles. The van der Waals surface area contributed by atoms with Crippen LogP contribution in [-0.4, -0.2) is 27.7 Å². The molecule has 2 aliphatic heterocycles. The predicted octanol–water partition coefficient (Wildman–Crippen LogP) is 3.22. The Hall–Kier alpha value is -2.63. The van der Waals surface area contributed by atoms with Gasteiger partial charge in [0.2, 0.25) is 0 Å². The number of aliphatic hydroxyl groups excluding tert-OH is 1. The van der Waals surface area contributed by atoms with Crippen LogP contribution in [0.2, 0.25) is 0 Å². The molecule has 1 aromatic carbocycles. The topological polar surface area (TPSA) is 58.6 Å². The Morgan fingerprint density at radius 3 is 2.57 bits per heavy atom. The van der Waals surface area contributed by atoms with Gasteiger partial charge in [-0.3, -0.25) is 9.69 Å². The van der Waals surface area contributed by atoms with E-state index in [1.54, 1.807) is 6.07 Å². The second-order valence-corrected chi connectivity index (χ2v) is 7.97. The molecule has 0 unspecified atom stereocenters. The Balaban J connectivity index is 1.48. The number of rotatable bonds is 4. The first-order valence-electron chi connectivity index (χ1n) is 9.91. The number of benzene rings is 1. The molecule has 4 heterocycles. The van der Waals surface area contributed by atoms with Crippen molar-refractivity contribution in [3.05, 3.63) is 82.2 Å². The number of nitrogens with zero attached hydrogens (tertiary/aromatic N) is 2. The Bertz CT molecular complexity index is 1040. The second kappa shape index (κ2) is 7.08. The highest BCUT2D eigenvalue weighted by molar-refractivity contribution is 5.66. The van der Waals surface area contributed by atoms with E-state index in [4.69, 9.17) is 4.42 Å². The maximum absolute atomic E-state index is 12.6. The molecule has 1 saturated heterocycles. The molecule has 0 aliphatic carbocycles. The van der Waals surface area contributed by atoms with Gasteiger partial charge in [-0.2, -0.15) is 0 Å². The number of likely N-dealkylation sites (tertiary alicyclic amines) is 1. The van der Waals surface area contributed by atoms with E-state index < -0.39 is 0 Å². The van der Waals surface area contributed by atoms with E-state index in [0.717, 1.165) is 38.4 Å². The molecule has 0 amide bonds. The molecule has 28 heavy (non-hydrogen) atoms. The third kappa shape index (κ3) is 3.11. The standard InChI is InChI=1S/C23H24N2O3/c26-15-20-7-6-19(28-20)14-24-11-16-10-18(13-24)23-21(17-4-2-1-3-5-17)8-9-22(27)25(23)12-16/h1-9,16,18,26H,10-15H2/t16-,18-/m0/s1. The molecule has 3 aromatic rings. The van der Waals surface area contributed by atoms with Gasteiger partial charge in [0.1, 0.15) is 18.1 Å². The van der Waals surface area contributed by atoms with Gasteiger partial charge < -0.3 is 14.1 Å². The molecule has 0 radical (unpaired) electrons. The van der Waals surface area contributed by atoms with Crippen molar-refractivity contribution in [2.24, 2.45) is 5.92 Å². The van der Waals surface area contributed by atoms with Crippen molar-refractivity contribution in [3.8, 4) is 11.1 Å². The van der Waals surface area contributed by atoms with Gasteiger partial charge in [-0.05, 0) is 36.1 Å². The zero-order chi connectivity index (χ0) is 19.1. The summed E-state index contributed by atoms with van der Waals surface area (Å²) in [7, 11) is 0. The van der Waals surface area contributed by atoms with Gasteiger partial charge in [-0.15, -0.1) is 0 Å². The van der Waals surface area contributed by atoms with E-state index >= 15 is 0 Å². The van der Waals surface area contributed by atoms with Gasteiger partial charge in [0.25, 0.3) is 5.56 Å². The molecule has 144 valence electrons. The fourth-order valence-corrected chi connectivity index (χ4v) is 4.92. The average molecular weight is 376 g/mol. The van der Waals surface area contributed by atoms with E-state index in [0.29, 0.717) is 17.6 Å². The summed E-state index contributed by atoms with van der Waals surface area (Å²) in [5, 5.41) is 9.22. The summed E-state index contributed by atoms with van der Waals surface area (Å²) in [6.45, 7) is 3.33. The van der Waals surface area contributed by atoms with Crippen molar-refractivity contribution >= 4 is 0 Å². The minimum absolute atomic E-state index is 0.0675. The summed E-state index contributed by atoms with van der Waals surface area (Å²) in [6.07, 6.45) is 1.12. The fourth-order valence-electron chi connectivity index (χ4n) is 4.92. The Morgan fingerprint density at radius 2 is 1.79 bits per heavy atom. The van der Waals surface area contributed by atoms with Crippen molar-refractivity contribution in [3.63, 3.8) is 0 Å². The smallest absolute Gasteiger partial charge is 0.250 e. The predicted molar refractivity (Wildman–Crippen MR) is 107 cm³/mol. The lowest BCUT2D eigenvalue weighted by atomic mass is 9.80. The van der Waals surface area contributed by atoms with Crippen LogP contribution in [0.15, 0.2) is 63.8 Å². The van der Waals surface area contributed by atoms with Crippen LogP contribution in [0, 0.1) is 5.92 Å². The van der Waals surface area contributed by atoms with Gasteiger partial charge in [-0.25, -0.2) is 0 Å². The van der Waals surface area contributed by atoms with Crippen molar-refractivity contribution in [2.45, 2.75) is 32.0 Å². The lowest BCUT2D eigenvalue weighted by Gasteiger charge is -2.43. The number of pyridine rings is 1. The minimum Gasteiger partial charge on any atom is -0.462 e. The number of aliphatic hydroxyl groups is 1. The molecule has 5 heteroatoms. The van der Waals surface area contributed by atoms with Gasteiger partial charge >= 0.3 is 0 Å². The SMILES string of the molecule is O=c1ccc(-c2ccccc2)c2n1C[C@H]1C[C@H]2CN(Cc2ccc(CO)o2)C1. The molecule has 2 bridgehead atoms. The van der Waals surface area contributed by atoms with Crippen molar-refractivity contribution in [2.75, 3.05) is 13.1 Å². The largest absolute Gasteiger partial charge is 0.462 e. The summed E-state index contributed by atoms with van der Waals surface area (Å²) >= 11 is 0. The maximum Gasteiger partial charge on any atom is 0.250 e. The van der Waals surface area contributed by atoms with E-state index in [9.17, 15) is 9.90 Å². The Kier molecular flexibility index (Phi) is 4.41. The van der Waals surface area contributed by atoms with Gasteiger partial charge in [0.05, 0.1) is 6.54 Å². The van der Waals surface area contributed by atoms with Gasteiger partial charge in [0.15, 0.2) is 0 Å². The molecule has 0 saturated carbocycles. The first kappa shape index (κ1) is 17.5. The van der Waals surface area contributed by atoms with Crippen LogP contribution in [0.1, 0.15) is 29.6 Å². The Morgan fingerprint density at radius 1 is 0.964 bits per heavy atom. The zero-order valence-electron chi connectivity index (χ0n) is 15.8. The lowest BCUT2D eigenvalue weighted by molar-refractivity contribution is 0.107. The van der Waals surface area contributed by atoms with Crippen LogP contribution in [-0.2, 0) is 19.7 Å². The quantitative estimate of drug-likeness (QED) is 0.760. The first-order valence-corrected chi connectivity index (χ1v) is 9.91. The Labute approximate surface area is 163 Å². The number of fused-ring (bicyclic) bond motifs is 4. The molecule has 1 fully saturated rings. The van der Waals surface area contributed by atoms with Gasteiger partial charge in [0, 0.05) is 42.9 Å². The molecule has 2 atom stereocenters. The maximum atomic E-state index is 12.6. The highest BCUT2D eigenvalue weighted by atomic mass is 16.4. The molecular weight excluding hydrogens is 352 g/mol. The van der Waals surface area contributed by atoms with Crippen LogP contribution in [0.4, 0.5) is 0 Å². The van der Waals surface area contributed by atoms with E-state index in [1.165, 1.54) is 16.8 Å². The first-order chi connectivity index (χ1) is 13.7. The molecule has 5 nitrogen and oxygen atoms in total. The number of hydrogen-bond donors (Lipinski definition) is 1. The summed E-state index contributed by atoms with van der Waals surface area (Å²) in [5.74, 6) is 2.30. The van der Waals surface area contributed by atoms with E-state index in [-0.39, 0.29) is 12.2 Å². The monoisotopic (exact) mass is 376 g/mol. The fraction of sp³-hybridized carbons (Fsp3) is 0.348. The van der Waals surface area contributed by atoms with E-state index in [2.05, 4.69) is 17.0 Å². The van der Waals surface area contributed by atoms with Crippen LogP contribution in [0.5, 0.6) is 0 Å². The van der Waals surface area contributed by atoms with Crippen LogP contribution in [0.3, 0.4) is 0 Å². The summed E-state index contributed by atoms with van der Waals surface area (Å²) in [6, 6.07) is 17.8. The summed E-state index contributed by atoms with van der Waals surface area (Å²) in [5.41, 5.74) is 3.62. The molecule has 0 spiro atoms. The zero-order valence-corrected chi connectivity index (χ0v) is 15.8. The van der Waals surface area contributed by atoms with Crippen LogP contribution in [0.25, 0.3) is 11.1 Å². The highest BCUT2D eigenvalue weighted by Crippen LogP contribution is 2.40. The third-order valence-corrected chi connectivity index (χ3v) is 6.00. The number of furan rings is 1. The number of aromatic nitrogens is 1. The van der Waals surface area contributed by atoms with Crippen molar-refractivity contribution in [1.29, 1.82) is 0 Å². The average Bonchev–Trinajstić information content (AvgIpc) is 3.17. The van der Waals surface area contributed by atoms with Gasteiger partial charge in [-0.1, -0.05) is 30.3 Å². The highest BCUT2D eigenvalue weighted by Gasteiger charge is 2.36. The molecular formula is C23H24N2O3. The molecule has 1 N–H and O–H groups in total. The van der Waals surface area contributed by atoms with Crippen LogP contribution < -0.4 is 5.56 Å². The van der Waals surface area contributed by atoms with Crippen molar-refractivity contribution in [1.82, 2.24) is 9.47 Å². The normalized spacial score (nSPS) is 21.5.